The van der Waals surface area contributed by atoms with Gasteiger partial charge in [0.1, 0.15) is 6.54 Å². The van der Waals surface area contributed by atoms with Gasteiger partial charge in [-0.1, -0.05) is 36.8 Å². The highest BCUT2D eigenvalue weighted by Gasteiger charge is 1.94. The molecule has 0 atom stereocenters. The first-order chi connectivity index (χ1) is 8.43. The fourth-order valence-electron chi connectivity index (χ4n) is 1.86. The number of quaternary nitrogens is 1. The molecule has 0 aliphatic heterocycles. The van der Waals surface area contributed by atoms with Crippen LogP contribution in [0.3, 0.4) is 0 Å². The molecule has 1 aromatic rings. The SMILES string of the molecule is [Si]CNCCCCCC[NH2+]Cc1ccccc1. The molecule has 0 saturated carbocycles. The first kappa shape index (κ1) is 14.4. The Hall–Kier alpha value is -0.643. The van der Waals surface area contributed by atoms with Gasteiger partial charge >= 0.3 is 0 Å². The van der Waals surface area contributed by atoms with Crippen LogP contribution in [0.5, 0.6) is 0 Å². The van der Waals surface area contributed by atoms with Gasteiger partial charge in [-0.05, 0) is 32.0 Å². The number of benzene rings is 1. The van der Waals surface area contributed by atoms with Gasteiger partial charge in [0, 0.05) is 15.8 Å². The van der Waals surface area contributed by atoms with Gasteiger partial charge in [-0.25, -0.2) is 0 Å². The lowest BCUT2D eigenvalue weighted by Crippen LogP contribution is -2.82. The highest BCUT2D eigenvalue weighted by atomic mass is 28.1. The Bertz CT molecular complexity index is 264. The van der Waals surface area contributed by atoms with Crippen LogP contribution in [-0.2, 0) is 6.54 Å². The van der Waals surface area contributed by atoms with Gasteiger partial charge in [0.2, 0.25) is 0 Å². The van der Waals surface area contributed by atoms with Crippen LogP contribution in [0.2, 0.25) is 0 Å². The quantitative estimate of drug-likeness (QED) is 0.470. The summed E-state index contributed by atoms with van der Waals surface area (Å²) in [6.45, 7) is 3.50. The van der Waals surface area contributed by atoms with Crippen molar-refractivity contribution in [2.24, 2.45) is 0 Å². The fraction of sp³-hybridized carbons (Fsp3) is 0.571. The van der Waals surface area contributed by atoms with Gasteiger partial charge in [-0.15, -0.1) is 0 Å². The molecule has 0 unspecified atom stereocenters. The van der Waals surface area contributed by atoms with Crippen molar-refractivity contribution >= 4 is 10.2 Å². The van der Waals surface area contributed by atoms with Crippen LogP contribution in [0.25, 0.3) is 0 Å². The molecule has 0 bridgehead atoms. The molecule has 3 heteroatoms. The number of nitrogens with one attached hydrogen (secondary N) is 1. The van der Waals surface area contributed by atoms with E-state index in [9.17, 15) is 0 Å². The minimum Gasteiger partial charge on any atom is -0.343 e. The van der Waals surface area contributed by atoms with Crippen molar-refractivity contribution in [2.45, 2.75) is 32.2 Å². The minimum atomic E-state index is 0.908. The van der Waals surface area contributed by atoms with Gasteiger partial charge in [-0.2, -0.15) is 0 Å². The maximum absolute atomic E-state index is 3.40. The highest BCUT2D eigenvalue weighted by Crippen LogP contribution is 1.97. The second-order valence-electron chi connectivity index (χ2n) is 4.36. The first-order valence-corrected chi connectivity index (χ1v) is 7.35. The van der Waals surface area contributed by atoms with E-state index in [1.165, 1.54) is 37.8 Å². The summed E-state index contributed by atoms with van der Waals surface area (Å²) in [6, 6.07) is 10.7. The Kier molecular flexibility index (Phi) is 8.91. The summed E-state index contributed by atoms with van der Waals surface area (Å²) in [7, 11) is 3.40. The Balaban J connectivity index is 1.85. The normalized spacial score (nSPS) is 10.6. The maximum atomic E-state index is 3.40. The molecule has 93 valence electrons. The molecule has 0 saturated heterocycles. The second kappa shape index (κ2) is 10.5. The van der Waals surface area contributed by atoms with Crippen LogP contribution in [0.4, 0.5) is 0 Å². The average Bonchev–Trinajstić information content (AvgIpc) is 2.38. The lowest BCUT2D eigenvalue weighted by atomic mass is 10.2. The lowest BCUT2D eigenvalue weighted by molar-refractivity contribution is -0.671. The molecular weight excluding hydrogens is 224 g/mol. The monoisotopic (exact) mass is 248 g/mol. The summed E-state index contributed by atoms with van der Waals surface area (Å²) < 4.78 is 0. The number of hydrogen-bond acceptors (Lipinski definition) is 1. The van der Waals surface area contributed by atoms with Crippen LogP contribution >= 0.6 is 0 Å². The van der Waals surface area contributed by atoms with E-state index >= 15 is 0 Å². The predicted molar refractivity (Wildman–Crippen MR) is 74.0 cm³/mol. The van der Waals surface area contributed by atoms with Crippen molar-refractivity contribution < 1.29 is 5.32 Å². The smallest absolute Gasteiger partial charge is 0.101 e. The average molecular weight is 248 g/mol. The summed E-state index contributed by atoms with van der Waals surface area (Å²) in [6.07, 6.45) is 6.24. The van der Waals surface area contributed by atoms with Crippen molar-refractivity contribution in [3.05, 3.63) is 35.9 Å². The molecule has 0 fully saturated rings. The Morgan fingerprint density at radius 1 is 1.00 bits per heavy atom. The number of unbranched alkanes of at least 4 members (excludes halogenated alkanes) is 3. The van der Waals surface area contributed by atoms with E-state index in [2.05, 4.69) is 51.2 Å². The van der Waals surface area contributed by atoms with Crippen molar-refractivity contribution in [1.29, 1.82) is 0 Å². The van der Waals surface area contributed by atoms with Gasteiger partial charge in [0.15, 0.2) is 0 Å². The standard InChI is InChI=1S/C14H23N2Si/c17-13-16-11-7-2-1-6-10-15-12-14-8-4-3-5-9-14/h3-5,8-9,15-16H,1-2,6-7,10-13H2/p+1. The Morgan fingerprint density at radius 3 is 2.53 bits per heavy atom. The summed E-state index contributed by atoms with van der Waals surface area (Å²) in [4.78, 5) is 0. The largest absolute Gasteiger partial charge is 0.343 e. The zero-order valence-electron chi connectivity index (χ0n) is 10.6. The summed E-state index contributed by atoms with van der Waals surface area (Å²) >= 11 is 0. The Labute approximate surface area is 109 Å². The van der Waals surface area contributed by atoms with Crippen LogP contribution in [0.1, 0.15) is 31.2 Å². The van der Waals surface area contributed by atoms with Crippen LogP contribution in [0, 0.1) is 0 Å². The molecule has 3 radical (unpaired) electrons. The third-order valence-corrected chi connectivity index (χ3v) is 3.11. The molecule has 0 spiro atoms. The Morgan fingerprint density at radius 2 is 1.76 bits per heavy atom. The van der Waals surface area contributed by atoms with Crippen LogP contribution in [-0.4, -0.2) is 29.5 Å². The molecule has 17 heavy (non-hydrogen) atoms. The lowest BCUT2D eigenvalue weighted by Gasteiger charge is -2.03. The van der Waals surface area contributed by atoms with Crippen molar-refractivity contribution in [3.8, 4) is 0 Å². The highest BCUT2D eigenvalue weighted by molar-refractivity contribution is 6.08. The summed E-state index contributed by atoms with van der Waals surface area (Å²) in [5.41, 5.74) is 1.42. The summed E-state index contributed by atoms with van der Waals surface area (Å²) in [5, 5.41) is 5.69. The zero-order valence-corrected chi connectivity index (χ0v) is 11.6. The molecular formula is C14H24N2Si+. The van der Waals surface area contributed by atoms with E-state index in [0.717, 1.165) is 19.3 Å². The molecule has 0 aliphatic carbocycles. The van der Waals surface area contributed by atoms with Gasteiger partial charge in [0.25, 0.3) is 0 Å². The molecule has 1 aromatic carbocycles. The molecule has 0 amide bonds. The molecule has 3 N–H and O–H groups in total. The van der Waals surface area contributed by atoms with Crippen molar-refractivity contribution in [3.63, 3.8) is 0 Å². The number of nitrogens with two attached hydrogens (primary N) is 1. The van der Waals surface area contributed by atoms with E-state index < -0.39 is 0 Å². The predicted octanol–water partition coefficient (Wildman–Crippen LogP) is 1.03. The molecule has 0 aromatic heterocycles. The van der Waals surface area contributed by atoms with E-state index in [0.29, 0.717) is 0 Å². The fourth-order valence-corrected chi connectivity index (χ4v) is 2.04. The van der Waals surface area contributed by atoms with Gasteiger partial charge < -0.3 is 10.6 Å². The van der Waals surface area contributed by atoms with E-state index in [1.54, 1.807) is 0 Å². The number of rotatable bonds is 10. The topological polar surface area (TPSA) is 28.6 Å². The molecule has 2 nitrogen and oxygen atoms in total. The zero-order chi connectivity index (χ0) is 12.2. The van der Waals surface area contributed by atoms with E-state index in [4.69, 9.17) is 0 Å². The van der Waals surface area contributed by atoms with Gasteiger partial charge in [-0.3, -0.25) is 0 Å². The number of hydrogen-bond donors (Lipinski definition) is 2. The third-order valence-electron chi connectivity index (χ3n) is 2.86. The van der Waals surface area contributed by atoms with Crippen LogP contribution in [0.15, 0.2) is 30.3 Å². The van der Waals surface area contributed by atoms with Crippen molar-refractivity contribution in [2.75, 3.05) is 19.3 Å². The molecule has 0 aliphatic rings. The third kappa shape index (κ3) is 8.13. The van der Waals surface area contributed by atoms with Crippen molar-refractivity contribution in [1.82, 2.24) is 5.32 Å². The van der Waals surface area contributed by atoms with E-state index in [-0.39, 0.29) is 0 Å². The second-order valence-corrected chi connectivity index (χ2v) is 4.71. The summed E-state index contributed by atoms with van der Waals surface area (Å²) in [5.74, 6) is 0. The molecule has 0 heterocycles. The van der Waals surface area contributed by atoms with Gasteiger partial charge in [0.05, 0.1) is 6.54 Å². The van der Waals surface area contributed by atoms with Crippen LogP contribution < -0.4 is 10.6 Å². The minimum absolute atomic E-state index is 0.908. The maximum Gasteiger partial charge on any atom is 0.101 e. The molecule has 1 rings (SSSR count). The first-order valence-electron chi connectivity index (χ1n) is 6.64. The van der Waals surface area contributed by atoms with E-state index in [1.807, 2.05) is 0 Å².